The normalized spacial score (nSPS) is 14.8. The molecule has 0 spiro atoms. The lowest BCUT2D eigenvalue weighted by atomic mass is 10.1. The second-order valence-electron chi connectivity index (χ2n) is 5.52. The fraction of sp³-hybridized carbons (Fsp3) is 0.562. The quantitative estimate of drug-likeness (QED) is 0.907. The number of hydrogen-bond acceptors (Lipinski definition) is 3. The first-order valence-electron chi connectivity index (χ1n) is 7.47. The van der Waals surface area contributed by atoms with Gasteiger partial charge in [0.1, 0.15) is 0 Å². The summed E-state index contributed by atoms with van der Waals surface area (Å²) in [5.41, 5.74) is 3.51. The van der Waals surface area contributed by atoms with Gasteiger partial charge in [-0.2, -0.15) is 11.8 Å². The first kappa shape index (κ1) is 16.0. The van der Waals surface area contributed by atoms with Crippen LogP contribution in [0.15, 0.2) is 18.2 Å². The summed E-state index contributed by atoms with van der Waals surface area (Å²) in [7, 11) is 1.85. The van der Waals surface area contributed by atoms with Gasteiger partial charge < -0.3 is 15.1 Å². The highest BCUT2D eigenvalue weighted by Crippen LogP contribution is 2.30. The summed E-state index contributed by atoms with van der Waals surface area (Å²) >= 11 is 1.75. The van der Waals surface area contributed by atoms with Crippen molar-refractivity contribution in [2.45, 2.75) is 26.3 Å². The van der Waals surface area contributed by atoms with Crippen LogP contribution in [-0.4, -0.2) is 49.1 Å². The van der Waals surface area contributed by atoms with Gasteiger partial charge in [-0.15, -0.1) is 0 Å². The van der Waals surface area contributed by atoms with E-state index in [1.807, 2.05) is 13.1 Å². The summed E-state index contributed by atoms with van der Waals surface area (Å²) in [6.45, 7) is 6.32. The largest absolute Gasteiger partial charge is 0.371 e. The van der Waals surface area contributed by atoms with Crippen molar-refractivity contribution in [2.24, 2.45) is 0 Å². The van der Waals surface area contributed by atoms with E-state index < -0.39 is 0 Å². The Balaban J connectivity index is 2.05. The van der Waals surface area contributed by atoms with Gasteiger partial charge in [-0.25, -0.2) is 4.79 Å². The van der Waals surface area contributed by atoms with E-state index in [2.05, 4.69) is 42.5 Å². The second kappa shape index (κ2) is 7.07. The van der Waals surface area contributed by atoms with Crippen LogP contribution in [0.1, 0.15) is 19.4 Å². The molecule has 5 heteroatoms. The molecule has 116 valence electrons. The molecule has 0 aromatic heterocycles. The van der Waals surface area contributed by atoms with Crippen LogP contribution >= 0.6 is 11.8 Å². The number of amides is 2. The molecule has 1 unspecified atom stereocenters. The summed E-state index contributed by atoms with van der Waals surface area (Å²) in [4.78, 5) is 16.4. The van der Waals surface area contributed by atoms with Crippen molar-refractivity contribution in [1.82, 2.24) is 4.90 Å². The molecule has 0 saturated heterocycles. The Morgan fingerprint density at radius 2 is 2.29 bits per heavy atom. The number of carbonyl (C=O) groups excluding carboxylic acids is 1. The zero-order chi connectivity index (χ0) is 15.4. The molecule has 0 saturated carbocycles. The molecule has 0 fully saturated rings. The minimum atomic E-state index is -0.0439. The molecule has 4 nitrogen and oxygen atoms in total. The predicted octanol–water partition coefficient (Wildman–Crippen LogP) is 3.28. The topological polar surface area (TPSA) is 35.6 Å². The number of benzene rings is 1. The summed E-state index contributed by atoms with van der Waals surface area (Å²) in [6, 6.07) is 6.41. The number of hydrogen-bond donors (Lipinski definition) is 1. The van der Waals surface area contributed by atoms with Crippen LogP contribution in [0.5, 0.6) is 0 Å². The zero-order valence-corrected chi connectivity index (χ0v) is 14.2. The molecule has 1 atom stereocenters. The molecule has 0 radical (unpaired) electrons. The van der Waals surface area contributed by atoms with E-state index in [0.29, 0.717) is 0 Å². The highest BCUT2D eigenvalue weighted by Gasteiger charge is 2.19. The summed E-state index contributed by atoms with van der Waals surface area (Å²) < 4.78 is 0. The van der Waals surface area contributed by atoms with Gasteiger partial charge in [-0.3, -0.25) is 0 Å². The molecule has 0 aliphatic carbocycles. The number of carbonyl (C=O) groups is 1. The van der Waals surface area contributed by atoms with E-state index in [4.69, 9.17) is 0 Å². The van der Waals surface area contributed by atoms with E-state index >= 15 is 0 Å². The van der Waals surface area contributed by atoms with Crippen LogP contribution in [0.25, 0.3) is 0 Å². The maximum Gasteiger partial charge on any atom is 0.321 e. The summed E-state index contributed by atoms with van der Waals surface area (Å²) in [5, 5.41) is 3.01. The molecular weight excluding hydrogens is 282 g/mol. The summed E-state index contributed by atoms with van der Waals surface area (Å²) in [5.74, 6) is 0.942. The lowest BCUT2D eigenvalue weighted by Gasteiger charge is -2.25. The fourth-order valence-electron chi connectivity index (χ4n) is 2.62. The van der Waals surface area contributed by atoms with Crippen molar-refractivity contribution in [2.75, 3.05) is 42.4 Å². The van der Waals surface area contributed by atoms with Crippen molar-refractivity contribution in [3.05, 3.63) is 23.8 Å². The van der Waals surface area contributed by atoms with E-state index in [-0.39, 0.29) is 12.1 Å². The Labute approximate surface area is 131 Å². The van der Waals surface area contributed by atoms with E-state index in [1.54, 1.807) is 16.7 Å². The average Bonchev–Trinajstić information content (AvgIpc) is 2.88. The van der Waals surface area contributed by atoms with Gasteiger partial charge in [0.05, 0.1) is 0 Å². The molecule has 1 aromatic carbocycles. The van der Waals surface area contributed by atoms with Gasteiger partial charge in [-0.05, 0) is 44.2 Å². The van der Waals surface area contributed by atoms with Crippen molar-refractivity contribution in [3.63, 3.8) is 0 Å². The summed E-state index contributed by atoms with van der Waals surface area (Å²) in [6.07, 6.45) is 3.16. The van der Waals surface area contributed by atoms with Crippen LogP contribution in [0.3, 0.4) is 0 Å². The van der Waals surface area contributed by atoms with Gasteiger partial charge >= 0.3 is 6.03 Å². The number of fused-ring (bicyclic) bond motifs is 1. The monoisotopic (exact) mass is 307 g/mol. The SMILES string of the molecule is CCN1CCc2ccc(NC(=O)N(C)C(C)CSC)cc21. The van der Waals surface area contributed by atoms with Crippen molar-refractivity contribution in [3.8, 4) is 0 Å². The average molecular weight is 307 g/mol. The van der Waals surface area contributed by atoms with E-state index in [0.717, 1.165) is 31.0 Å². The number of anilines is 2. The highest BCUT2D eigenvalue weighted by atomic mass is 32.2. The number of thioether (sulfide) groups is 1. The number of urea groups is 1. The third-order valence-electron chi connectivity index (χ3n) is 4.10. The van der Waals surface area contributed by atoms with Crippen LogP contribution in [0.2, 0.25) is 0 Å². The van der Waals surface area contributed by atoms with Crippen LogP contribution in [-0.2, 0) is 6.42 Å². The maximum atomic E-state index is 12.3. The molecule has 1 aliphatic heterocycles. The number of nitrogens with one attached hydrogen (secondary N) is 1. The van der Waals surface area contributed by atoms with E-state index in [1.165, 1.54) is 11.3 Å². The predicted molar refractivity (Wildman–Crippen MR) is 92.7 cm³/mol. The number of nitrogens with zero attached hydrogens (tertiary/aromatic N) is 2. The maximum absolute atomic E-state index is 12.3. The first-order valence-corrected chi connectivity index (χ1v) is 8.86. The van der Waals surface area contributed by atoms with Crippen molar-refractivity contribution < 1.29 is 4.79 Å². The molecule has 2 amide bonds. The fourth-order valence-corrected chi connectivity index (χ4v) is 3.32. The van der Waals surface area contributed by atoms with Crippen LogP contribution in [0.4, 0.5) is 16.2 Å². The Morgan fingerprint density at radius 1 is 1.52 bits per heavy atom. The smallest absolute Gasteiger partial charge is 0.321 e. The Bertz CT molecular complexity index is 506. The third kappa shape index (κ3) is 3.64. The zero-order valence-electron chi connectivity index (χ0n) is 13.3. The second-order valence-corrected chi connectivity index (χ2v) is 6.43. The Morgan fingerprint density at radius 3 is 2.95 bits per heavy atom. The first-order chi connectivity index (χ1) is 10.1. The molecule has 21 heavy (non-hydrogen) atoms. The minimum Gasteiger partial charge on any atom is -0.371 e. The van der Waals surface area contributed by atoms with Gasteiger partial charge in [0.25, 0.3) is 0 Å². The van der Waals surface area contributed by atoms with Gasteiger partial charge in [-0.1, -0.05) is 6.07 Å². The van der Waals surface area contributed by atoms with Gasteiger partial charge in [0.2, 0.25) is 0 Å². The van der Waals surface area contributed by atoms with Crippen molar-refractivity contribution in [1.29, 1.82) is 0 Å². The van der Waals surface area contributed by atoms with Gasteiger partial charge in [0, 0.05) is 43.3 Å². The number of likely N-dealkylation sites (N-methyl/N-ethyl adjacent to an activating group) is 1. The molecule has 0 bridgehead atoms. The standard InChI is InChI=1S/C16H25N3OS/c1-5-19-9-8-13-6-7-14(10-15(13)19)17-16(20)18(3)12(2)11-21-4/h6-7,10,12H,5,8-9,11H2,1-4H3,(H,17,20). The Hall–Kier alpha value is -1.36. The third-order valence-corrected chi connectivity index (χ3v) is 4.92. The van der Waals surface area contributed by atoms with Crippen LogP contribution in [0, 0.1) is 0 Å². The molecular formula is C16H25N3OS. The van der Waals surface area contributed by atoms with Gasteiger partial charge in [0.15, 0.2) is 0 Å². The molecule has 1 N–H and O–H groups in total. The molecule has 2 rings (SSSR count). The number of rotatable bonds is 5. The minimum absolute atomic E-state index is 0.0439. The molecule has 1 aromatic rings. The Kier molecular flexibility index (Phi) is 5.39. The molecule has 1 heterocycles. The molecule has 1 aliphatic rings. The van der Waals surface area contributed by atoms with Crippen LogP contribution < -0.4 is 10.2 Å². The lowest BCUT2D eigenvalue weighted by molar-refractivity contribution is 0.212. The van der Waals surface area contributed by atoms with E-state index in [9.17, 15) is 4.79 Å². The van der Waals surface area contributed by atoms with Crippen molar-refractivity contribution >= 4 is 29.2 Å². The lowest BCUT2D eigenvalue weighted by Crippen LogP contribution is -2.39. The highest BCUT2D eigenvalue weighted by molar-refractivity contribution is 7.98.